The minimum atomic E-state index is -1.04. The summed E-state index contributed by atoms with van der Waals surface area (Å²) >= 11 is 0. The second-order valence-corrected chi connectivity index (χ2v) is 4.27. The predicted octanol–water partition coefficient (Wildman–Crippen LogP) is 2.13. The first-order chi connectivity index (χ1) is 9.49. The van der Waals surface area contributed by atoms with E-state index in [1.165, 1.54) is 18.2 Å². The molecule has 0 saturated heterocycles. The number of aryl methyl sites for hydroxylation is 2. The first-order valence-corrected chi connectivity index (χ1v) is 6.11. The van der Waals surface area contributed by atoms with Gasteiger partial charge in [0.05, 0.1) is 11.6 Å². The molecule has 1 heterocycles. The summed E-state index contributed by atoms with van der Waals surface area (Å²) in [5, 5.41) is 8.97. The van der Waals surface area contributed by atoms with Gasteiger partial charge in [-0.3, -0.25) is 4.79 Å². The molecule has 1 aromatic carbocycles. The second-order valence-electron chi connectivity index (χ2n) is 4.27. The molecule has 0 bridgehead atoms. The standard InChI is InChI=1S/C14H14N2O4/c1-3-11-15-12(17)7-13(16-11)20-10-6-9(14(18)19)5-4-8(10)2/h4-7H,3H2,1-2H3,(H,18,19)(H,15,16,17). The molecule has 2 rings (SSSR count). The van der Waals surface area contributed by atoms with Crippen LogP contribution in [-0.4, -0.2) is 21.0 Å². The average molecular weight is 274 g/mol. The van der Waals surface area contributed by atoms with Gasteiger partial charge < -0.3 is 14.8 Å². The van der Waals surface area contributed by atoms with Gasteiger partial charge in [-0.2, -0.15) is 4.98 Å². The Morgan fingerprint density at radius 1 is 1.40 bits per heavy atom. The maximum Gasteiger partial charge on any atom is 0.335 e. The first kappa shape index (κ1) is 13.8. The highest BCUT2D eigenvalue weighted by Crippen LogP contribution is 2.24. The van der Waals surface area contributed by atoms with Crippen LogP contribution in [-0.2, 0) is 6.42 Å². The third-order valence-electron chi connectivity index (χ3n) is 2.75. The second kappa shape index (κ2) is 5.56. The van der Waals surface area contributed by atoms with Gasteiger partial charge in [0.25, 0.3) is 5.56 Å². The fourth-order valence-electron chi connectivity index (χ4n) is 1.66. The van der Waals surface area contributed by atoms with Crippen molar-refractivity contribution in [2.75, 3.05) is 0 Å². The highest BCUT2D eigenvalue weighted by atomic mass is 16.5. The Balaban J connectivity index is 2.39. The van der Waals surface area contributed by atoms with Crippen molar-refractivity contribution < 1.29 is 14.6 Å². The zero-order chi connectivity index (χ0) is 14.7. The van der Waals surface area contributed by atoms with Gasteiger partial charge >= 0.3 is 5.97 Å². The van der Waals surface area contributed by atoms with Crippen LogP contribution >= 0.6 is 0 Å². The summed E-state index contributed by atoms with van der Waals surface area (Å²) in [4.78, 5) is 29.1. The Labute approximate surface area is 115 Å². The molecule has 0 radical (unpaired) electrons. The summed E-state index contributed by atoms with van der Waals surface area (Å²) in [6.45, 7) is 3.65. The summed E-state index contributed by atoms with van der Waals surface area (Å²) in [7, 11) is 0. The third-order valence-corrected chi connectivity index (χ3v) is 2.75. The van der Waals surface area contributed by atoms with Crippen molar-refractivity contribution in [3.63, 3.8) is 0 Å². The van der Waals surface area contributed by atoms with E-state index in [9.17, 15) is 9.59 Å². The number of aromatic carboxylic acids is 1. The van der Waals surface area contributed by atoms with Crippen LogP contribution in [0, 0.1) is 6.92 Å². The van der Waals surface area contributed by atoms with Gasteiger partial charge in [-0.1, -0.05) is 13.0 Å². The Bertz CT molecular complexity index is 707. The van der Waals surface area contributed by atoms with Gasteiger partial charge in [-0.25, -0.2) is 4.79 Å². The minimum absolute atomic E-state index is 0.117. The summed E-state index contributed by atoms with van der Waals surface area (Å²) in [6, 6.07) is 5.78. The number of carboxylic acid groups (broad SMARTS) is 1. The van der Waals surface area contributed by atoms with E-state index in [0.717, 1.165) is 5.56 Å². The fourth-order valence-corrected chi connectivity index (χ4v) is 1.66. The highest BCUT2D eigenvalue weighted by molar-refractivity contribution is 5.88. The molecule has 2 aromatic rings. The number of nitrogens with zero attached hydrogens (tertiary/aromatic N) is 1. The number of hydrogen-bond donors (Lipinski definition) is 2. The number of rotatable bonds is 4. The van der Waals surface area contributed by atoms with E-state index in [4.69, 9.17) is 9.84 Å². The first-order valence-electron chi connectivity index (χ1n) is 6.11. The Morgan fingerprint density at radius 2 is 2.15 bits per heavy atom. The lowest BCUT2D eigenvalue weighted by molar-refractivity contribution is 0.0696. The van der Waals surface area contributed by atoms with Crippen LogP contribution in [0.1, 0.15) is 28.7 Å². The quantitative estimate of drug-likeness (QED) is 0.891. The predicted molar refractivity (Wildman–Crippen MR) is 72.4 cm³/mol. The molecular weight excluding hydrogens is 260 g/mol. The maximum absolute atomic E-state index is 11.5. The molecule has 0 unspecified atom stereocenters. The minimum Gasteiger partial charge on any atom is -0.478 e. The van der Waals surface area contributed by atoms with E-state index in [1.54, 1.807) is 13.0 Å². The molecule has 0 fully saturated rings. The fraction of sp³-hybridized carbons (Fsp3) is 0.214. The van der Waals surface area contributed by atoms with Crippen molar-refractivity contribution in [2.45, 2.75) is 20.3 Å². The van der Waals surface area contributed by atoms with Crippen LogP contribution in [0.5, 0.6) is 11.6 Å². The van der Waals surface area contributed by atoms with E-state index in [-0.39, 0.29) is 17.0 Å². The van der Waals surface area contributed by atoms with Crippen molar-refractivity contribution in [2.24, 2.45) is 0 Å². The van der Waals surface area contributed by atoms with Crippen molar-refractivity contribution in [3.05, 3.63) is 51.6 Å². The highest BCUT2D eigenvalue weighted by Gasteiger charge is 2.09. The Morgan fingerprint density at radius 3 is 2.80 bits per heavy atom. The van der Waals surface area contributed by atoms with Crippen molar-refractivity contribution >= 4 is 5.97 Å². The summed E-state index contributed by atoms with van der Waals surface area (Å²) in [5.74, 6) is -0.0104. The average Bonchev–Trinajstić information content (AvgIpc) is 2.40. The molecule has 6 nitrogen and oxygen atoms in total. The molecule has 2 N–H and O–H groups in total. The molecule has 0 aliphatic heterocycles. The molecule has 1 aromatic heterocycles. The lowest BCUT2D eigenvalue weighted by Crippen LogP contribution is -2.10. The molecule has 20 heavy (non-hydrogen) atoms. The SMILES string of the molecule is CCc1nc(Oc2cc(C(=O)O)ccc2C)cc(=O)[nH]1. The number of H-pyrrole nitrogens is 1. The van der Waals surface area contributed by atoms with Gasteiger partial charge in [-0.15, -0.1) is 0 Å². The van der Waals surface area contributed by atoms with Crippen LogP contribution in [0.3, 0.4) is 0 Å². The molecule has 104 valence electrons. The van der Waals surface area contributed by atoms with Gasteiger partial charge in [0.15, 0.2) is 0 Å². The number of aromatic nitrogens is 2. The van der Waals surface area contributed by atoms with Crippen LogP contribution in [0.25, 0.3) is 0 Å². The van der Waals surface area contributed by atoms with Crippen LogP contribution < -0.4 is 10.3 Å². The molecular formula is C14H14N2O4. The number of benzene rings is 1. The summed E-state index contributed by atoms with van der Waals surface area (Å²) in [5.41, 5.74) is 0.570. The number of hydrogen-bond acceptors (Lipinski definition) is 4. The number of aromatic amines is 1. The van der Waals surface area contributed by atoms with Crippen LogP contribution in [0.4, 0.5) is 0 Å². The van der Waals surface area contributed by atoms with E-state index in [0.29, 0.717) is 18.0 Å². The molecule has 0 amide bonds. The topological polar surface area (TPSA) is 92.3 Å². The lowest BCUT2D eigenvalue weighted by atomic mass is 10.1. The van der Waals surface area contributed by atoms with Crippen LogP contribution in [0.15, 0.2) is 29.1 Å². The molecule has 0 aliphatic carbocycles. The van der Waals surface area contributed by atoms with E-state index in [1.807, 2.05) is 6.92 Å². The zero-order valence-electron chi connectivity index (χ0n) is 11.1. The molecule has 0 aliphatic rings. The molecule has 0 spiro atoms. The third kappa shape index (κ3) is 3.03. The van der Waals surface area contributed by atoms with Crippen molar-refractivity contribution in [1.29, 1.82) is 0 Å². The lowest BCUT2D eigenvalue weighted by Gasteiger charge is -2.09. The Kier molecular flexibility index (Phi) is 3.84. The number of ether oxygens (including phenoxy) is 1. The van der Waals surface area contributed by atoms with E-state index in [2.05, 4.69) is 9.97 Å². The van der Waals surface area contributed by atoms with Gasteiger partial charge in [-0.05, 0) is 24.6 Å². The monoisotopic (exact) mass is 274 g/mol. The van der Waals surface area contributed by atoms with Crippen molar-refractivity contribution in [3.8, 4) is 11.6 Å². The molecule has 6 heteroatoms. The van der Waals surface area contributed by atoms with Gasteiger partial charge in [0.2, 0.25) is 5.88 Å². The van der Waals surface area contributed by atoms with Crippen molar-refractivity contribution in [1.82, 2.24) is 9.97 Å². The Hall–Kier alpha value is -2.63. The molecule has 0 saturated carbocycles. The largest absolute Gasteiger partial charge is 0.478 e. The molecule has 0 atom stereocenters. The van der Waals surface area contributed by atoms with Crippen LogP contribution in [0.2, 0.25) is 0 Å². The number of nitrogens with one attached hydrogen (secondary N) is 1. The zero-order valence-corrected chi connectivity index (χ0v) is 11.1. The van der Waals surface area contributed by atoms with Gasteiger partial charge in [0, 0.05) is 6.42 Å². The summed E-state index contributed by atoms with van der Waals surface area (Å²) in [6.07, 6.45) is 0.570. The summed E-state index contributed by atoms with van der Waals surface area (Å²) < 4.78 is 5.53. The normalized spacial score (nSPS) is 10.3. The number of carboxylic acids is 1. The van der Waals surface area contributed by atoms with E-state index >= 15 is 0 Å². The van der Waals surface area contributed by atoms with Gasteiger partial charge in [0.1, 0.15) is 11.6 Å². The van der Waals surface area contributed by atoms with E-state index < -0.39 is 5.97 Å². The maximum atomic E-state index is 11.5. The smallest absolute Gasteiger partial charge is 0.335 e. The number of carbonyl (C=O) groups is 1.